The molecule has 2 fully saturated rings. The molecule has 2 aliphatic rings. The van der Waals surface area contributed by atoms with Gasteiger partial charge in [0.15, 0.2) is 5.82 Å². The predicted octanol–water partition coefficient (Wildman–Crippen LogP) is 3.64. The number of nitrogens with zero attached hydrogens (tertiary/aromatic N) is 5. The zero-order valence-electron chi connectivity index (χ0n) is 21.1. The van der Waals surface area contributed by atoms with Crippen LogP contribution in [0.25, 0.3) is 11.4 Å². The zero-order chi connectivity index (χ0) is 25.6. The van der Waals surface area contributed by atoms with Gasteiger partial charge in [0.05, 0.1) is 12.1 Å². The smallest absolute Gasteiger partial charge is 0.319 e. The minimum Gasteiger partial charge on any atom is -0.375 e. The number of tetrazole rings is 1. The Bertz CT molecular complexity index is 1190. The molecule has 5 rings (SSSR count). The van der Waals surface area contributed by atoms with Crippen molar-refractivity contribution in [1.29, 1.82) is 0 Å². The van der Waals surface area contributed by atoms with Crippen LogP contribution >= 0.6 is 0 Å². The number of piperidine rings is 1. The number of benzene rings is 2. The van der Waals surface area contributed by atoms with Crippen molar-refractivity contribution in [2.45, 2.75) is 44.2 Å². The van der Waals surface area contributed by atoms with Gasteiger partial charge in [-0.3, -0.25) is 0 Å². The first-order chi connectivity index (χ1) is 18.0. The Labute approximate surface area is 216 Å². The molecule has 1 aromatic heterocycles. The molecule has 2 amide bonds. The topological polar surface area (TPSA) is 97.2 Å². The molecule has 0 radical (unpaired) electrons. The predicted molar refractivity (Wildman–Crippen MR) is 138 cm³/mol. The Hall–Kier alpha value is -3.37. The first-order valence-corrected chi connectivity index (χ1v) is 13.0. The van der Waals surface area contributed by atoms with E-state index in [0.29, 0.717) is 24.0 Å². The summed E-state index contributed by atoms with van der Waals surface area (Å²) in [5.74, 6) is 0.972. The van der Waals surface area contributed by atoms with Crippen LogP contribution in [0.3, 0.4) is 0 Å². The molecule has 2 saturated heterocycles. The Morgan fingerprint density at radius 2 is 2.03 bits per heavy atom. The number of hydrogen-bond donors (Lipinski definition) is 2. The van der Waals surface area contributed by atoms with E-state index in [1.807, 2.05) is 36.4 Å². The largest absolute Gasteiger partial charge is 0.375 e. The van der Waals surface area contributed by atoms with Gasteiger partial charge in [-0.25, -0.2) is 13.9 Å². The monoisotopic (exact) mass is 507 g/mol. The van der Waals surface area contributed by atoms with E-state index >= 15 is 0 Å². The van der Waals surface area contributed by atoms with Crippen LogP contribution in [-0.2, 0) is 18.2 Å². The number of ether oxygens (including phenoxy) is 1. The first kappa shape index (κ1) is 25.3. The highest BCUT2D eigenvalue weighted by Crippen LogP contribution is 2.24. The van der Waals surface area contributed by atoms with E-state index in [4.69, 9.17) is 4.74 Å². The van der Waals surface area contributed by atoms with Crippen molar-refractivity contribution in [1.82, 2.24) is 30.4 Å². The van der Waals surface area contributed by atoms with Gasteiger partial charge in [0, 0.05) is 38.0 Å². The number of nitrogens with one attached hydrogen (secondary N) is 2. The van der Waals surface area contributed by atoms with E-state index < -0.39 is 0 Å². The van der Waals surface area contributed by atoms with Crippen molar-refractivity contribution in [3.63, 3.8) is 0 Å². The maximum absolute atomic E-state index is 13.3. The fraction of sp³-hybridized carbons (Fsp3) is 0.481. The zero-order valence-corrected chi connectivity index (χ0v) is 21.1. The highest BCUT2D eigenvalue weighted by atomic mass is 19.1. The second-order valence-electron chi connectivity index (χ2n) is 10.1. The standard InChI is InChI=1S/C27H34FN7O2/c1-34-26(31-32-33-34)21-6-2-7-23(16-21)29-27(36)30-24-8-4-14-37-25(24)18-35-13-3-5-20(17-35)15-19-9-11-22(28)12-10-19/h2,6-7,9-12,16,20,24-25H,3-5,8,13-15,17-18H2,1H3,(H2,29,30,36)/t20-,24+,25+/m0/s1. The molecule has 2 aliphatic heterocycles. The molecule has 10 heteroatoms. The Morgan fingerprint density at radius 1 is 1.16 bits per heavy atom. The summed E-state index contributed by atoms with van der Waals surface area (Å²) in [5, 5.41) is 17.7. The van der Waals surface area contributed by atoms with Crippen LogP contribution in [0.1, 0.15) is 31.2 Å². The molecule has 196 valence electrons. The SMILES string of the molecule is Cn1nnnc1-c1cccc(NC(=O)N[C@@H]2CCCO[C@@H]2CN2CCC[C@@H](Cc3ccc(F)cc3)C2)c1. The maximum atomic E-state index is 13.3. The molecular weight excluding hydrogens is 473 g/mol. The van der Waals surface area contributed by atoms with Gasteiger partial charge in [-0.05, 0) is 84.8 Å². The van der Waals surface area contributed by atoms with E-state index in [1.54, 1.807) is 11.7 Å². The van der Waals surface area contributed by atoms with Gasteiger partial charge in [-0.15, -0.1) is 5.10 Å². The Morgan fingerprint density at radius 3 is 2.84 bits per heavy atom. The molecule has 3 heterocycles. The summed E-state index contributed by atoms with van der Waals surface area (Å²) in [6.45, 7) is 3.52. The van der Waals surface area contributed by atoms with Crippen LogP contribution in [0.15, 0.2) is 48.5 Å². The number of rotatable bonds is 7. The summed E-state index contributed by atoms with van der Waals surface area (Å²) >= 11 is 0. The van der Waals surface area contributed by atoms with Crippen LogP contribution in [0.4, 0.5) is 14.9 Å². The highest BCUT2D eigenvalue weighted by Gasteiger charge is 2.31. The fourth-order valence-corrected chi connectivity index (χ4v) is 5.42. The van der Waals surface area contributed by atoms with Crippen molar-refractivity contribution < 1.29 is 13.9 Å². The molecule has 3 aromatic rings. The Balaban J connectivity index is 1.16. The second kappa shape index (κ2) is 11.8. The molecule has 0 unspecified atom stereocenters. The van der Waals surface area contributed by atoms with Gasteiger partial charge < -0.3 is 20.3 Å². The number of halogens is 1. The van der Waals surface area contributed by atoms with Gasteiger partial charge in [-0.1, -0.05) is 24.3 Å². The molecule has 2 N–H and O–H groups in total. The molecular formula is C27H34FN7O2. The number of urea groups is 1. The number of aromatic nitrogens is 4. The van der Waals surface area contributed by atoms with E-state index in [0.717, 1.165) is 50.9 Å². The average molecular weight is 508 g/mol. The summed E-state index contributed by atoms with van der Waals surface area (Å²) in [7, 11) is 1.78. The maximum Gasteiger partial charge on any atom is 0.319 e. The lowest BCUT2D eigenvalue weighted by Gasteiger charge is -2.39. The van der Waals surface area contributed by atoms with Crippen LogP contribution in [-0.4, -0.2) is 69.5 Å². The fourth-order valence-electron chi connectivity index (χ4n) is 5.42. The van der Waals surface area contributed by atoms with Gasteiger partial charge in [0.1, 0.15) is 5.82 Å². The van der Waals surface area contributed by atoms with Crippen molar-refractivity contribution in [3.8, 4) is 11.4 Å². The van der Waals surface area contributed by atoms with Crippen molar-refractivity contribution in [3.05, 3.63) is 59.9 Å². The molecule has 0 saturated carbocycles. The average Bonchev–Trinajstić information content (AvgIpc) is 3.33. The van der Waals surface area contributed by atoms with Gasteiger partial charge >= 0.3 is 6.03 Å². The minimum atomic E-state index is -0.249. The highest BCUT2D eigenvalue weighted by molar-refractivity contribution is 5.90. The molecule has 9 nitrogen and oxygen atoms in total. The van der Waals surface area contributed by atoms with Crippen LogP contribution in [0, 0.1) is 11.7 Å². The summed E-state index contributed by atoms with van der Waals surface area (Å²) in [5.41, 5.74) is 2.67. The van der Waals surface area contributed by atoms with Crippen molar-refractivity contribution in [2.24, 2.45) is 13.0 Å². The first-order valence-electron chi connectivity index (χ1n) is 13.0. The number of aryl methyl sites for hydroxylation is 1. The second-order valence-corrected chi connectivity index (χ2v) is 10.1. The lowest BCUT2D eigenvalue weighted by Crippen LogP contribution is -2.53. The summed E-state index contributed by atoms with van der Waals surface area (Å²) in [6.07, 6.45) is 5.01. The van der Waals surface area contributed by atoms with E-state index in [2.05, 4.69) is 31.1 Å². The Kier molecular flexibility index (Phi) is 8.05. The normalized spacial score (nSPS) is 22.5. The quantitative estimate of drug-likeness (QED) is 0.507. The third kappa shape index (κ3) is 6.69. The number of carbonyl (C=O) groups excluding carboxylic acids is 1. The van der Waals surface area contributed by atoms with E-state index in [-0.39, 0.29) is 24.0 Å². The van der Waals surface area contributed by atoms with Crippen LogP contribution in [0.2, 0.25) is 0 Å². The third-order valence-corrected chi connectivity index (χ3v) is 7.23. The molecule has 0 spiro atoms. The molecule has 0 aliphatic carbocycles. The van der Waals surface area contributed by atoms with Gasteiger partial charge in [-0.2, -0.15) is 0 Å². The summed E-state index contributed by atoms with van der Waals surface area (Å²) in [6, 6.07) is 14.0. The lowest BCUT2D eigenvalue weighted by molar-refractivity contribution is -0.0306. The van der Waals surface area contributed by atoms with Crippen molar-refractivity contribution >= 4 is 11.7 Å². The number of carbonyl (C=O) groups is 1. The van der Waals surface area contributed by atoms with Crippen LogP contribution < -0.4 is 10.6 Å². The molecule has 0 bridgehead atoms. The minimum absolute atomic E-state index is 0.0554. The lowest BCUT2D eigenvalue weighted by atomic mass is 9.90. The van der Waals surface area contributed by atoms with Crippen molar-refractivity contribution in [2.75, 3.05) is 31.6 Å². The molecule has 3 atom stereocenters. The number of amides is 2. The van der Waals surface area contributed by atoms with Gasteiger partial charge in [0.25, 0.3) is 0 Å². The summed E-state index contributed by atoms with van der Waals surface area (Å²) in [4.78, 5) is 15.4. The number of likely N-dealkylation sites (tertiary alicyclic amines) is 1. The van der Waals surface area contributed by atoms with Crippen LogP contribution in [0.5, 0.6) is 0 Å². The number of hydrogen-bond acceptors (Lipinski definition) is 6. The van der Waals surface area contributed by atoms with Gasteiger partial charge in [0.2, 0.25) is 0 Å². The number of anilines is 1. The molecule has 37 heavy (non-hydrogen) atoms. The molecule has 2 aromatic carbocycles. The third-order valence-electron chi connectivity index (χ3n) is 7.23. The van der Waals surface area contributed by atoms with E-state index in [1.165, 1.54) is 24.1 Å². The summed E-state index contributed by atoms with van der Waals surface area (Å²) < 4.78 is 21.0. The van der Waals surface area contributed by atoms with E-state index in [9.17, 15) is 9.18 Å².